The van der Waals surface area contributed by atoms with Crippen molar-refractivity contribution in [2.75, 3.05) is 68.6 Å². The van der Waals surface area contributed by atoms with Crippen LogP contribution in [0.4, 0.5) is 35.4 Å². The molecule has 9 aliphatic rings. The van der Waals surface area contributed by atoms with Crippen LogP contribution in [0.15, 0.2) is 36.4 Å². The standard InChI is InChI=1S/2C30H44N2O6S.C25H33F2NO3S.2ClH/c2*1-20(2)38-30(35)37-19-36-29(34)27-25(18-26(39-27)22-8-6-5-7-9-22)32(24-14-16-31(4)17-15-24)28(33)23-12-10-21(3)11-13-23;1-16-7-9-18(10-8-16)23(29)28(19-11-13-25(26,27)14-12-19)20-15-21(32-22(20)24(30)31)17-5-3-2-4-6-17;;/h2*8,18,20-21,23-24H,5-7,9-17,19H2,1-4H3;5,15-16,18-19H,2-4,6-14H2,1H3,(H,30,31);2*1H/t2*21-,23-;16-,18-;;. The average molecular weight is 1660 g/mol. The van der Waals surface area contributed by atoms with Gasteiger partial charge >= 0.3 is 30.2 Å². The normalized spacial score (nSPS) is 23.4. The van der Waals surface area contributed by atoms with Crippen LogP contribution >= 0.6 is 58.8 Å². The van der Waals surface area contributed by atoms with Crippen LogP contribution in [-0.2, 0) is 42.8 Å². The third kappa shape index (κ3) is 25.5. The molecule has 3 amide bonds. The summed E-state index contributed by atoms with van der Waals surface area (Å²) in [6.45, 7) is 16.1. The van der Waals surface area contributed by atoms with Gasteiger partial charge in [0.15, 0.2) is 0 Å². The fraction of sp³-hybridized carbons (Fsp3) is 0.694. The number of anilines is 3. The Morgan fingerprint density at radius 3 is 1.03 bits per heavy atom. The Bertz CT molecular complexity index is 3550. The molecule has 2 aliphatic heterocycles. The molecule has 3 aromatic rings. The number of rotatable bonds is 21. The van der Waals surface area contributed by atoms with Gasteiger partial charge in [-0.05, 0) is 313 Å². The Hall–Kier alpha value is -5.96. The molecule has 12 rings (SSSR count). The number of piperidine rings is 2. The molecule has 20 nitrogen and oxygen atoms in total. The quantitative estimate of drug-likeness (QED) is 0.0594. The van der Waals surface area contributed by atoms with E-state index in [0.29, 0.717) is 44.6 Å². The fourth-order valence-electron chi connectivity index (χ4n) is 17.0. The Kier molecular flexibility index (Phi) is 35.8. The third-order valence-corrected chi connectivity index (χ3v) is 27.2. The van der Waals surface area contributed by atoms with Crippen molar-refractivity contribution in [2.45, 2.75) is 290 Å². The predicted octanol–water partition coefficient (Wildman–Crippen LogP) is 21.3. The van der Waals surface area contributed by atoms with E-state index in [4.69, 9.17) is 28.4 Å². The largest absolute Gasteiger partial charge is 0.511 e. The maximum atomic E-state index is 14.2. The van der Waals surface area contributed by atoms with Crippen LogP contribution < -0.4 is 14.7 Å². The molecule has 112 heavy (non-hydrogen) atoms. The first-order valence-electron chi connectivity index (χ1n) is 41.2. The van der Waals surface area contributed by atoms with E-state index in [1.807, 2.05) is 28.0 Å². The number of halogens is 4. The molecule has 0 radical (unpaired) electrons. The van der Waals surface area contributed by atoms with Crippen LogP contribution in [0.1, 0.15) is 298 Å². The lowest BCUT2D eigenvalue weighted by Crippen LogP contribution is -2.49. The fourth-order valence-corrected chi connectivity index (χ4v) is 20.3. The molecular weight excluding hydrogens is 1540 g/mol. The van der Waals surface area contributed by atoms with E-state index in [-0.39, 0.29) is 121 Å². The summed E-state index contributed by atoms with van der Waals surface area (Å²) in [7, 11) is 4.21. The minimum Gasteiger partial charge on any atom is -0.477 e. The lowest BCUT2D eigenvalue weighted by atomic mass is 9.81. The molecule has 2 saturated heterocycles. The maximum absolute atomic E-state index is 14.2. The Morgan fingerprint density at radius 2 is 0.741 bits per heavy atom. The van der Waals surface area contributed by atoms with Crippen molar-refractivity contribution in [3.63, 3.8) is 0 Å². The third-order valence-electron chi connectivity index (χ3n) is 23.7. The van der Waals surface area contributed by atoms with Gasteiger partial charge in [0, 0.05) is 63.4 Å². The topological polar surface area (TPSA) is 228 Å². The van der Waals surface area contributed by atoms with Gasteiger partial charge in [-0.15, -0.1) is 58.8 Å². The molecule has 27 heteroatoms. The van der Waals surface area contributed by atoms with Gasteiger partial charge in [0.25, 0.3) is 0 Å². The zero-order valence-corrected chi connectivity index (χ0v) is 71.5. The van der Waals surface area contributed by atoms with Crippen LogP contribution in [0.3, 0.4) is 0 Å². The van der Waals surface area contributed by atoms with Gasteiger partial charge in [0.05, 0.1) is 29.3 Å². The summed E-state index contributed by atoms with van der Waals surface area (Å²) >= 11 is 3.98. The molecule has 1 N–H and O–H groups in total. The highest BCUT2D eigenvalue weighted by atomic mass is 35.5. The summed E-state index contributed by atoms with van der Waals surface area (Å²) in [4.78, 5) is 119. The first-order chi connectivity index (χ1) is 52.7. The van der Waals surface area contributed by atoms with Crippen LogP contribution in [0.5, 0.6) is 0 Å². The van der Waals surface area contributed by atoms with Gasteiger partial charge in [-0.25, -0.2) is 32.8 Å². The minimum absolute atomic E-state index is 0. The van der Waals surface area contributed by atoms with Crippen LogP contribution in [0.2, 0.25) is 0 Å². The molecule has 4 saturated carbocycles. The monoisotopic (exact) mass is 1660 g/mol. The van der Waals surface area contributed by atoms with Crippen LogP contribution in [0, 0.1) is 35.5 Å². The van der Waals surface area contributed by atoms with Crippen molar-refractivity contribution in [1.29, 1.82) is 0 Å². The summed E-state index contributed by atoms with van der Waals surface area (Å²) in [6, 6.07) is 5.60. The zero-order valence-electron chi connectivity index (χ0n) is 67.4. The second-order valence-electron chi connectivity index (χ2n) is 33.1. The molecule has 0 spiro atoms. The van der Waals surface area contributed by atoms with Crippen molar-refractivity contribution in [1.82, 2.24) is 9.80 Å². The molecule has 624 valence electrons. The number of carbonyl (C=O) groups is 8. The van der Waals surface area contributed by atoms with Crippen LogP contribution in [0.25, 0.3) is 16.7 Å². The minimum atomic E-state index is -2.70. The van der Waals surface area contributed by atoms with Crippen molar-refractivity contribution >= 4 is 141 Å². The molecule has 7 aliphatic carbocycles. The van der Waals surface area contributed by atoms with Gasteiger partial charge in [-0.3, -0.25) is 14.4 Å². The van der Waals surface area contributed by atoms with Gasteiger partial charge < -0.3 is 58.0 Å². The van der Waals surface area contributed by atoms with Crippen molar-refractivity contribution in [3.8, 4) is 0 Å². The number of hydrogen-bond acceptors (Lipinski definition) is 19. The molecule has 5 heterocycles. The smallest absolute Gasteiger partial charge is 0.477 e. The number of esters is 2. The number of amides is 3. The number of allylic oxidation sites excluding steroid dienone is 6. The van der Waals surface area contributed by atoms with Crippen LogP contribution in [-0.4, -0.2) is 153 Å². The van der Waals surface area contributed by atoms with Gasteiger partial charge in [-0.2, -0.15) is 0 Å². The van der Waals surface area contributed by atoms with E-state index < -0.39 is 49.7 Å². The summed E-state index contributed by atoms with van der Waals surface area (Å²) in [5.74, 6) is -3.09. The van der Waals surface area contributed by atoms with E-state index >= 15 is 0 Å². The number of carboxylic acids is 1. The lowest BCUT2D eigenvalue weighted by molar-refractivity contribution is -0.125. The molecule has 3 aromatic heterocycles. The lowest BCUT2D eigenvalue weighted by Gasteiger charge is -2.40. The van der Waals surface area contributed by atoms with Crippen molar-refractivity contribution < 1.29 is 80.7 Å². The molecule has 0 aromatic carbocycles. The SMILES string of the molecule is CC(C)OC(=O)OCOC(=O)c1sc(C2=CCCCC2)cc1N(C(=O)[C@H]1CC[C@H](C)CC1)C1CCN(C)CC1.CC(C)OC(=O)OCOC(=O)c1sc(C2=CCCCC2)cc1N(C(=O)[C@H]1CC[C@H](C)CC1)C1CCN(C)CC1.C[C@H]1CC[C@H](C(=O)N(c2cc(C3=CCCCC3)sc2C(=O)O)C2CCC(F)(F)CC2)CC1.Cl.Cl. The Balaban J connectivity index is 0.000000210. The van der Waals surface area contributed by atoms with Gasteiger partial charge in [0.2, 0.25) is 37.2 Å². The van der Waals surface area contributed by atoms with E-state index in [2.05, 4.69) is 62.9 Å². The van der Waals surface area contributed by atoms with E-state index in [9.17, 15) is 52.2 Å². The van der Waals surface area contributed by atoms with E-state index in [1.165, 1.54) is 58.0 Å². The summed E-state index contributed by atoms with van der Waals surface area (Å²) in [6.07, 6.45) is 31.4. The maximum Gasteiger partial charge on any atom is 0.511 e. The van der Waals surface area contributed by atoms with Crippen molar-refractivity contribution in [3.05, 3.63) is 65.7 Å². The highest BCUT2D eigenvalue weighted by Gasteiger charge is 2.44. The number of carbonyl (C=O) groups excluding carboxylic acids is 7. The Labute approximate surface area is 686 Å². The van der Waals surface area contributed by atoms with E-state index in [1.54, 1.807) is 32.6 Å². The molecule has 6 fully saturated rings. The number of carboxylic acid groups (broad SMARTS) is 1. The molecule has 0 unspecified atom stereocenters. The summed E-state index contributed by atoms with van der Waals surface area (Å²) in [5, 5.41) is 9.97. The Morgan fingerprint density at radius 1 is 0.446 bits per heavy atom. The second-order valence-corrected chi connectivity index (χ2v) is 36.2. The molecular formula is C85H123Cl2F2N5O15S3. The number of nitrogens with zero attached hydrogens (tertiary/aromatic N) is 5. The van der Waals surface area contributed by atoms with Gasteiger partial charge in [-0.1, -0.05) is 39.0 Å². The second kappa shape index (κ2) is 43.8. The first kappa shape index (κ1) is 91.6. The number of aromatic carboxylic acids is 1. The molecule has 0 bridgehead atoms. The van der Waals surface area contributed by atoms with E-state index in [0.717, 1.165) is 213 Å². The van der Waals surface area contributed by atoms with Crippen molar-refractivity contribution in [2.24, 2.45) is 35.5 Å². The highest BCUT2D eigenvalue weighted by molar-refractivity contribution is 7.16. The zero-order chi connectivity index (χ0) is 78.8. The summed E-state index contributed by atoms with van der Waals surface area (Å²) in [5.41, 5.74) is 5.31. The summed E-state index contributed by atoms with van der Waals surface area (Å²) < 4.78 is 58.4. The number of thiophene rings is 3. The number of hydrogen-bond donors (Lipinski definition) is 1. The number of ether oxygens (including phenoxy) is 6. The first-order valence-corrected chi connectivity index (χ1v) is 43.6. The molecule has 0 atom stereocenters. The average Bonchev–Trinajstić information content (AvgIpc) is 1.60. The highest BCUT2D eigenvalue weighted by Crippen LogP contribution is 2.47. The van der Waals surface area contributed by atoms with Gasteiger partial charge in [0.1, 0.15) is 14.6 Å². The number of alkyl halides is 2. The predicted molar refractivity (Wildman–Crippen MR) is 444 cm³/mol. The number of likely N-dealkylation sites (tertiary alicyclic amines) is 2.